The molecule has 0 aliphatic heterocycles. The first kappa shape index (κ1) is 15.9. The van der Waals surface area contributed by atoms with Crippen molar-refractivity contribution < 1.29 is 0 Å². The van der Waals surface area contributed by atoms with Gasteiger partial charge in [0, 0.05) is 28.6 Å². The van der Waals surface area contributed by atoms with E-state index in [9.17, 15) is 0 Å². The monoisotopic (exact) mass is 502 g/mol. The fourth-order valence-electron chi connectivity index (χ4n) is 3.77. The molecule has 0 amide bonds. The van der Waals surface area contributed by atoms with Gasteiger partial charge in [-0.25, -0.2) is 0 Å². The van der Waals surface area contributed by atoms with E-state index in [-0.39, 0.29) is 0 Å². The highest BCUT2D eigenvalue weighted by Crippen LogP contribution is 2.53. The average Bonchev–Trinajstić information content (AvgIpc) is 3.46. The minimum atomic E-state index is 1.43. The van der Waals surface area contributed by atoms with Gasteiger partial charge in [-0.05, 0) is 35.0 Å². The zero-order valence-corrected chi connectivity index (χ0v) is 20.3. The smallest absolute Gasteiger partial charge is 0.0650 e. The fraction of sp³-hybridized carbons (Fsp3) is 0. The van der Waals surface area contributed by atoms with Crippen LogP contribution in [0.3, 0.4) is 0 Å². The van der Waals surface area contributed by atoms with Gasteiger partial charge in [-0.3, -0.25) is 0 Å². The summed E-state index contributed by atoms with van der Waals surface area (Å²) >= 11 is 15.6. The Kier molecular flexibility index (Phi) is 3.10. The van der Waals surface area contributed by atoms with Gasteiger partial charge in [0.2, 0.25) is 0 Å². The van der Waals surface area contributed by atoms with Gasteiger partial charge in [0.05, 0.1) is 37.6 Å². The van der Waals surface area contributed by atoms with Gasteiger partial charge < -0.3 is 0 Å². The molecule has 0 N–H and O–H groups in total. The molecule has 0 fully saturated rings. The molecular formula is C20H6S8. The second-order valence-electron chi connectivity index (χ2n) is 6.56. The second kappa shape index (κ2) is 5.44. The first-order valence-electron chi connectivity index (χ1n) is 8.48. The Labute approximate surface area is 190 Å². The van der Waals surface area contributed by atoms with E-state index in [1.807, 2.05) is 90.7 Å². The second-order valence-corrected chi connectivity index (χ2v) is 14.7. The van der Waals surface area contributed by atoms with Crippen molar-refractivity contribution in [3.05, 3.63) is 35.0 Å². The third-order valence-electron chi connectivity index (χ3n) is 4.98. The van der Waals surface area contributed by atoms with E-state index in [4.69, 9.17) is 0 Å². The molecule has 28 heavy (non-hydrogen) atoms. The van der Waals surface area contributed by atoms with Crippen LogP contribution >= 0.6 is 90.7 Å². The first-order chi connectivity index (χ1) is 13.8. The molecule has 8 rings (SSSR count). The molecule has 0 saturated carbocycles. The Bertz CT molecular complexity index is 1690. The molecule has 8 aromatic rings. The summed E-state index contributed by atoms with van der Waals surface area (Å²) in [5.74, 6) is 0. The molecule has 8 heteroatoms. The molecule has 0 aliphatic carbocycles. The normalized spacial score (nSPS) is 13.0. The molecule has 0 aromatic carbocycles. The van der Waals surface area contributed by atoms with Crippen molar-refractivity contribution in [3.63, 3.8) is 0 Å². The topological polar surface area (TPSA) is 0 Å². The summed E-state index contributed by atoms with van der Waals surface area (Å²) in [6, 6.07) is 9.39. The third kappa shape index (κ3) is 1.93. The van der Waals surface area contributed by atoms with Crippen molar-refractivity contribution >= 4 is 147 Å². The summed E-state index contributed by atoms with van der Waals surface area (Å²) in [5.41, 5.74) is 0. The van der Waals surface area contributed by atoms with Crippen LogP contribution in [-0.2, 0) is 0 Å². The van der Waals surface area contributed by atoms with E-state index < -0.39 is 0 Å². The lowest BCUT2D eigenvalue weighted by atomic mass is 10.3. The van der Waals surface area contributed by atoms with E-state index >= 15 is 0 Å². The molecule has 8 aromatic heterocycles. The number of rotatable bonds is 1. The summed E-state index contributed by atoms with van der Waals surface area (Å²) in [6.07, 6.45) is 0. The number of hydrogen-bond acceptors (Lipinski definition) is 8. The zero-order chi connectivity index (χ0) is 18.0. The maximum atomic E-state index is 2.43. The van der Waals surface area contributed by atoms with E-state index in [1.165, 1.54) is 66.2 Å². The molecule has 0 aliphatic rings. The molecule has 8 heterocycles. The van der Waals surface area contributed by atoms with Gasteiger partial charge in [-0.1, -0.05) is 0 Å². The van der Waals surface area contributed by atoms with Crippen LogP contribution in [0.4, 0.5) is 0 Å². The Balaban J connectivity index is 1.36. The third-order valence-corrected chi connectivity index (χ3v) is 15.3. The number of hydrogen-bond donors (Lipinski definition) is 0. The Morgan fingerprint density at radius 1 is 0.393 bits per heavy atom. The molecule has 0 bridgehead atoms. The van der Waals surface area contributed by atoms with Crippen molar-refractivity contribution in [2.24, 2.45) is 0 Å². The van der Waals surface area contributed by atoms with Gasteiger partial charge in [-0.2, -0.15) is 0 Å². The van der Waals surface area contributed by atoms with Gasteiger partial charge in [0.25, 0.3) is 0 Å². The summed E-state index contributed by atoms with van der Waals surface area (Å²) in [4.78, 5) is 2.86. The lowest BCUT2D eigenvalue weighted by Crippen LogP contribution is -1.57. The van der Waals surface area contributed by atoms with Crippen LogP contribution in [0.2, 0.25) is 0 Å². The van der Waals surface area contributed by atoms with E-state index in [0.717, 1.165) is 0 Å². The molecule has 0 radical (unpaired) electrons. The largest absolute Gasteiger partial charge is 0.141 e. The van der Waals surface area contributed by atoms with Gasteiger partial charge in [-0.15, -0.1) is 90.7 Å². The van der Waals surface area contributed by atoms with Gasteiger partial charge in [0.1, 0.15) is 0 Å². The quantitative estimate of drug-likeness (QED) is 0.209. The van der Waals surface area contributed by atoms with E-state index in [2.05, 4.69) is 35.0 Å². The van der Waals surface area contributed by atoms with Crippen molar-refractivity contribution in [3.8, 4) is 9.75 Å². The Morgan fingerprint density at radius 3 is 1.32 bits per heavy atom. The molecule has 0 saturated heterocycles. The van der Waals surface area contributed by atoms with Crippen molar-refractivity contribution in [2.75, 3.05) is 0 Å². The van der Waals surface area contributed by atoms with E-state index in [1.54, 1.807) is 0 Å². The van der Waals surface area contributed by atoms with Crippen LogP contribution in [0.1, 0.15) is 0 Å². The average molecular weight is 503 g/mol. The lowest BCUT2D eigenvalue weighted by molar-refractivity contribution is 2.07. The molecule has 0 unspecified atom stereocenters. The summed E-state index contributed by atoms with van der Waals surface area (Å²) in [5, 5.41) is 4.43. The highest BCUT2D eigenvalue weighted by atomic mass is 32.1. The van der Waals surface area contributed by atoms with Crippen LogP contribution in [0, 0.1) is 0 Å². The zero-order valence-electron chi connectivity index (χ0n) is 13.7. The van der Waals surface area contributed by atoms with Gasteiger partial charge in [0.15, 0.2) is 0 Å². The number of thiophene rings is 8. The molecule has 0 nitrogen and oxygen atoms in total. The SMILES string of the molecule is c1cc2sc3c4sc(-c5cc6sc7c8sccc8sc7c6s5)cc4sc3c2s1. The Hall–Kier alpha value is -0.840. The highest BCUT2D eigenvalue weighted by molar-refractivity contribution is 7.46. The maximum absolute atomic E-state index is 2.43. The van der Waals surface area contributed by atoms with Crippen LogP contribution in [-0.4, -0.2) is 0 Å². The lowest BCUT2D eigenvalue weighted by Gasteiger charge is -1.88. The summed E-state index contributed by atoms with van der Waals surface area (Å²) in [6.45, 7) is 0. The minimum Gasteiger partial charge on any atom is -0.141 e. The summed E-state index contributed by atoms with van der Waals surface area (Å²) < 4.78 is 17.7. The molecule has 0 spiro atoms. The standard InChI is InChI=1S/C20H6S8/c1-3-21-13-7(1)23-19-15-11(27-17(13)19)5-9(25-15)10-6-12-16(26-10)20-18(28-12)14-8(24-20)2-4-22-14/h1-6H. The van der Waals surface area contributed by atoms with Crippen molar-refractivity contribution in [2.45, 2.75) is 0 Å². The van der Waals surface area contributed by atoms with Crippen molar-refractivity contribution in [1.29, 1.82) is 0 Å². The molecule has 134 valence electrons. The van der Waals surface area contributed by atoms with Crippen LogP contribution in [0.15, 0.2) is 35.0 Å². The predicted molar refractivity (Wildman–Crippen MR) is 140 cm³/mol. The Morgan fingerprint density at radius 2 is 0.821 bits per heavy atom. The summed E-state index contributed by atoms with van der Waals surface area (Å²) in [7, 11) is 0. The van der Waals surface area contributed by atoms with Crippen LogP contribution in [0.25, 0.3) is 66.2 Å². The number of fused-ring (bicyclic) bond motifs is 10. The van der Waals surface area contributed by atoms with Gasteiger partial charge >= 0.3 is 0 Å². The highest BCUT2D eigenvalue weighted by Gasteiger charge is 2.19. The first-order valence-corrected chi connectivity index (χ1v) is 15.1. The molecular weight excluding hydrogens is 497 g/mol. The van der Waals surface area contributed by atoms with Crippen LogP contribution in [0.5, 0.6) is 0 Å². The fourth-order valence-corrected chi connectivity index (χ4v) is 14.6. The maximum Gasteiger partial charge on any atom is 0.0650 e. The van der Waals surface area contributed by atoms with Crippen LogP contribution < -0.4 is 0 Å². The molecule has 0 atom stereocenters. The van der Waals surface area contributed by atoms with Crippen molar-refractivity contribution in [1.82, 2.24) is 0 Å². The minimum absolute atomic E-state index is 1.43. The predicted octanol–water partition coefficient (Wildman–Crippen LogP) is 10.8. The van der Waals surface area contributed by atoms with E-state index in [0.29, 0.717) is 0 Å².